The zero-order valence-electron chi connectivity index (χ0n) is 15.4. The number of amides is 1. The van der Waals surface area contributed by atoms with Crippen molar-refractivity contribution in [2.24, 2.45) is 0 Å². The Morgan fingerprint density at radius 1 is 1.12 bits per heavy atom. The third kappa shape index (κ3) is 2.76. The highest BCUT2D eigenvalue weighted by atomic mass is 16.6. The molecule has 2 aliphatic rings. The molecule has 0 aromatic heterocycles. The predicted octanol–water partition coefficient (Wildman–Crippen LogP) is 3.91. The number of hydrogen-bond acceptors (Lipinski definition) is 4. The van der Waals surface area contributed by atoms with E-state index in [0.717, 1.165) is 29.4 Å². The molecule has 4 rings (SSSR count). The van der Waals surface area contributed by atoms with Crippen LogP contribution >= 0.6 is 0 Å². The third-order valence-corrected chi connectivity index (χ3v) is 5.20. The average molecular weight is 349 g/mol. The lowest BCUT2D eigenvalue weighted by molar-refractivity contribution is 0.0215. The van der Waals surface area contributed by atoms with Crippen LogP contribution in [0.1, 0.15) is 32.8 Å². The van der Waals surface area contributed by atoms with Crippen LogP contribution in [-0.2, 0) is 4.74 Å². The molecule has 2 atom stereocenters. The zero-order chi connectivity index (χ0) is 18.5. The van der Waals surface area contributed by atoms with Crippen LogP contribution in [0.4, 0.5) is 10.5 Å². The first-order valence-corrected chi connectivity index (χ1v) is 9.05. The lowest BCUT2D eigenvalue weighted by atomic mass is 10.0. The van der Waals surface area contributed by atoms with E-state index < -0.39 is 5.60 Å². The van der Waals surface area contributed by atoms with E-state index in [0.29, 0.717) is 18.2 Å². The van der Waals surface area contributed by atoms with Crippen molar-refractivity contribution < 1.29 is 9.53 Å². The van der Waals surface area contributed by atoms with Crippen LogP contribution in [0.15, 0.2) is 36.4 Å². The molecule has 2 aromatic carbocycles. The summed E-state index contributed by atoms with van der Waals surface area (Å²) >= 11 is 0. The number of hydrogen-bond donors (Lipinski definition) is 0. The Hall–Kier alpha value is -2.74. The number of benzene rings is 2. The Kier molecular flexibility index (Phi) is 3.80. The fourth-order valence-electron chi connectivity index (χ4n) is 4.14. The number of carbonyl (C=O) groups excluding carboxylic acids is 1. The molecular weight excluding hydrogens is 326 g/mol. The quantitative estimate of drug-likeness (QED) is 0.783. The van der Waals surface area contributed by atoms with Crippen LogP contribution in [0.2, 0.25) is 0 Å². The van der Waals surface area contributed by atoms with E-state index in [1.165, 1.54) is 0 Å². The Labute approximate surface area is 153 Å². The molecule has 2 heterocycles. The summed E-state index contributed by atoms with van der Waals surface area (Å²) < 4.78 is 5.55. The lowest BCUT2D eigenvalue weighted by Crippen LogP contribution is -2.50. The number of rotatable bonds is 1. The van der Waals surface area contributed by atoms with Gasteiger partial charge < -0.3 is 14.5 Å². The standard InChI is InChI=1S/C21H23N3O2/c1-21(2,3)26-20(25)24-13-15-10-16(24)12-23(15)19-9-8-14(11-22)17-6-4-5-7-18(17)19/h4-9,15-16H,10,12-13H2,1-3H3. The first-order valence-electron chi connectivity index (χ1n) is 9.05. The summed E-state index contributed by atoms with van der Waals surface area (Å²) in [6.07, 6.45) is 0.752. The van der Waals surface area contributed by atoms with Crippen molar-refractivity contribution in [3.63, 3.8) is 0 Å². The third-order valence-electron chi connectivity index (χ3n) is 5.20. The monoisotopic (exact) mass is 349 g/mol. The zero-order valence-corrected chi connectivity index (χ0v) is 15.4. The van der Waals surface area contributed by atoms with E-state index in [9.17, 15) is 10.1 Å². The van der Waals surface area contributed by atoms with Gasteiger partial charge in [0.25, 0.3) is 0 Å². The second-order valence-electron chi connectivity index (χ2n) is 8.12. The highest BCUT2D eigenvalue weighted by Gasteiger charge is 2.46. The SMILES string of the molecule is CC(C)(C)OC(=O)N1CC2CC1CN2c1ccc(C#N)c2ccccc12. The Balaban J connectivity index is 1.60. The van der Waals surface area contributed by atoms with Gasteiger partial charge in [0, 0.05) is 35.6 Å². The normalized spacial score (nSPS) is 21.9. The van der Waals surface area contributed by atoms with Crippen LogP contribution in [0.5, 0.6) is 0 Å². The molecule has 1 amide bonds. The molecule has 2 saturated heterocycles. The van der Waals surface area contributed by atoms with Crippen molar-refractivity contribution in [3.05, 3.63) is 42.0 Å². The molecule has 2 unspecified atom stereocenters. The number of nitrogens with zero attached hydrogens (tertiary/aromatic N) is 3. The number of fused-ring (bicyclic) bond motifs is 3. The maximum atomic E-state index is 12.4. The molecule has 0 radical (unpaired) electrons. The molecule has 2 fully saturated rings. The van der Waals surface area contributed by atoms with Gasteiger partial charge >= 0.3 is 6.09 Å². The first-order chi connectivity index (χ1) is 12.4. The van der Waals surface area contributed by atoms with Crippen molar-refractivity contribution in [1.29, 1.82) is 5.26 Å². The van der Waals surface area contributed by atoms with E-state index in [1.54, 1.807) is 0 Å². The molecule has 0 N–H and O–H groups in total. The average Bonchev–Trinajstić information content (AvgIpc) is 3.20. The largest absolute Gasteiger partial charge is 0.444 e. The molecule has 0 spiro atoms. The minimum atomic E-state index is -0.470. The van der Waals surface area contributed by atoms with E-state index in [2.05, 4.69) is 17.0 Å². The van der Waals surface area contributed by atoms with Crippen LogP contribution < -0.4 is 4.90 Å². The molecule has 5 nitrogen and oxygen atoms in total. The van der Waals surface area contributed by atoms with Gasteiger partial charge in [0.2, 0.25) is 0 Å². The second-order valence-corrected chi connectivity index (χ2v) is 8.12. The molecule has 134 valence electrons. The Morgan fingerprint density at radius 3 is 2.46 bits per heavy atom. The van der Waals surface area contributed by atoms with E-state index >= 15 is 0 Å². The molecule has 2 aliphatic heterocycles. The number of anilines is 1. The van der Waals surface area contributed by atoms with Gasteiger partial charge in [0.05, 0.1) is 17.7 Å². The predicted molar refractivity (Wildman–Crippen MR) is 101 cm³/mol. The molecular formula is C21H23N3O2. The summed E-state index contributed by atoms with van der Waals surface area (Å²) in [4.78, 5) is 16.7. The van der Waals surface area contributed by atoms with Crippen molar-refractivity contribution in [2.45, 2.75) is 44.9 Å². The van der Waals surface area contributed by atoms with Crippen LogP contribution in [-0.4, -0.2) is 41.8 Å². The topological polar surface area (TPSA) is 56.6 Å². The maximum absolute atomic E-state index is 12.4. The summed E-state index contributed by atoms with van der Waals surface area (Å²) in [5.74, 6) is 0. The van der Waals surface area contributed by atoms with E-state index in [1.807, 2.05) is 56.0 Å². The van der Waals surface area contributed by atoms with E-state index in [-0.39, 0.29) is 12.1 Å². The van der Waals surface area contributed by atoms with Crippen molar-refractivity contribution in [3.8, 4) is 6.07 Å². The van der Waals surface area contributed by atoms with Gasteiger partial charge in [-0.1, -0.05) is 24.3 Å². The van der Waals surface area contributed by atoms with Crippen LogP contribution in [0.25, 0.3) is 10.8 Å². The van der Waals surface area contributed by atoms with E-state index in [4.69, 9.17) is 4.74 Å². The number of carbonyl (C=O) groups is 1. The molecule has 2 bridgehead atoms. The highest BCUT2D eigenvalue weighted by molar-refractivity contribution is 5.98. The smallest absolute Gasteiger partial charge is 0.410 e. The van der Waals surface area contributed by atoms with Gasteiger partial charge in [-0.3, -0.25) is 0 Å². The molecule has 0 saturated carbocycles. The van der Waals surface area contributed by atoms with Crippen molar-refractivity contribution >= 4 is 22.6 Å². The summed E-state index contributed by atoms with van der Waals surface area (Å²) in [6.45, 7) is 7.19. The minimum Gasteiger partial charge on any atom is -0.444 e. The van der Waals surface area contributed by atoms with Crippen molar-refractivity contribution in [2.75, 3.05) is 18.0 Å². The fraction of sp³-hybridized carbons (Fsp3) is 0.429. The van der Waals surface area contributed by atoms with Gasteiger partial charge in [-0.05, 0) is 39.3 Å². The molecule has 26 heavy (non-hydrogen) atoms. The lowest BCUT2D eigenvalue weighted by Gasteiger charge is -2.36. The van der Waals surface area contributed by atoms with Gasteiger partial charge in [-0.2, -0.15) is 5.26 Å². The second kappa shape index (κ2) is 5.91. The van der Waals surface area contributed by atoms with Gasteiger partial charge in [0.1, 0.15) is 5.60 Å². The van der Waals surface area contributed by atoms with Gasteiger partial charge in [-0.15, -0.1) is 0 Å². The molecule has 5 heteroatoms. The van der Waals surface area contributed by atoms with Crippen molar-refractivity contribution in [1.82, 2.24) is 4.90 Å². The number of ether oxygens (including phenoxy) is 1. The minimum absolute atomic E-state index is 0.184. The van der Waals surface area contributed by atoms with Gasteiger partial charge in [0.15, 0.2) is 0 Å². The van der Waals surface area contributed by atoms with Crippen LogP contribution in [0, 0.1) is 11.3 Å². The molecule has 2 aromatic rings. The summed E-state index contributed by atoms with van der Waals surface area (Å²) in [6, 6.07) is 14.7. The van der Waals surface area contributed by atoms with Crippen LogP contribution in [0.3, 0.4) is 0 Å². The summed E-state index contributed by atoms with van der Waals surface area (Å²) in [5.41, 5.74) is 1.38. The summed E-state index contributed by atoms with van der Waals surface area (Å²) in [7, 11) is 0. The van der Waals surface area contributed by atoms with Gasteiger partial charge in [-0.25, -0.2) is 4.79 Å². The fourth-order valence-corrected chi connectivity index (χ4v) is 4.14. The number of nitriles is 1. The Morgan fingerprint density at radius 2 is 1.85 bits per heavy atom. The Bertz CT molecular complexity index is 910. The summed E-state index contributed by atoms with van der Waals surface area (Å²) in [5, 5.41) is 11.4. The maximum Gasteiger partial charge on any atom is 0.410 e. The highest BCUT2D eigenvalue weighted by Crippen LogP contribution is 2.39. The number of likely N-dealkylation sites (tertiary alicyclic amines) is 1. The molecule has 0 aliphatic carbocycles. The first kappa shape index (κ1) is 16.7. The number of piperazine rings is 1.